The third kappa shape index (κ3) is 6.36. The van der Waals surface area contributed by atoms with Gasteiger partial charge in [0.1, 0.15) is 6.10 Å². The lowest BCUT2D eigenvalue weighted by molar-refractivity contribution is -0.139. The molecule has 21 heavy (non-hydrogen) atoms. The molecule has 0 aromatic heterocycles. The molecule has 2 atom stereocenters. The molecule has 114 valence electrons. The summed E-state index contributed by atoms with van der Waals surface area (Å²) >= 11 is 0. The lowest BCUT2D eigenvalue weighted by Crippen LogP contribution is -2.28. The van der Waals surface area contributed by atoms with Crippen LogP contribution in [-0.2, 0) is 25.7 Å². The number of carbonyl (C=O) groups excluding carboxylic acids is 2. The Morgan fingerprint density at radius 1 is 1.24 bits per heavy atom. The van der Waals surface area contributed by atoms with E-state index in [0.717, 1.165) is 5.56 Å². The van der Waals surface area contributed by atoms with Gasteiger partial charge in [-0.1, -0.05) is 49.4 Å². The quantitative estimate of drug-likeness (QED) is 0.545. The van der Waals surface area contributed by atoms with E-state index in [-0.39, 0.29) is 24.1 Å². The van der Waals surface area contributed by atoms with Crippen molar-refractivity contribution in [3.8, 4) is 0 Å². The minimum absolute atomic E-state index is 0.0267. The van der Waals surface area contributed by atoms with E-state index in [2.05, 4.69) is 4.74 Å². The highest BCUT2D eigenvalue weighted by atomic mass is 16.5. The summed E-state index contributed by atoms with van der Waals surface area (Å²) in [7, 11) is 1.35. The van der Waals surface area contributed by atoms with Gasteiger partial charge >= 0.3 is 5.97 Å². The predicted molar refractivity (Wildman–Crippen MR) is 80.6 cm³/mol. The molecular formula is C17H22O4. The van der Waals surface area contributed by atoms with E-state index < -0.39 is 6.10 Å². The van der Waals surface area contributed by atoms with Gasteiger partial charge < -0.3 is 9.47 Å². The summed E-state index contributed by atoms with van der Waals surface area (Å²) in [5.74, 6) is -0.431. The molecule has 0 amide bonds. The van der Waals surface area contributed by atoms with Crippen LogP contribution >= 0.6 is 0 Å². The summed E-state index contributed by atoms with van der Waals surface area (Å²) in [6.07, 6.45) is 3.20. The van der Waals surface area contributed by atoms with Gasteiger partial charge in [0.2, 0.25) is 0 Å². The smallest absolute Gasteiger partial charge is 0.309 e. The van der Waals surface area contributed by atoms with Crippen molar-refractivity contribution in [3.63, 3.8) is 0 Å². The monoisotopic (exact) mass is 290 g/mol. The van der Waals surface area contributed by atoms with Gasteiger partial charge in [-0.25, -0.2) is 0 Å². The maximum Gasteiger partial charge on any atom is 0.309 e. The summed E-state index contributed by atoms with van der Waals surface area (Å²) in [6, 6.07) is 9.70. The first-order chi connectivity index (χ1) is 10.0. The fraction of sp³-hybridized carbons (Fsp3) is 0.412. The van der Waals surface area contributed by atoms with Crippen molar-refractivity contribution in [3.05, 3.63) is 48.0 Å². The predicted octanol–water partition coefficient (Wildman–Crippen LogP) is 2.92. The summed E-state index contributed by atoms with van der Waals surface area (Å²) < 4.78 is 10.3. The molecule has 0 spiro atoms. The molecule has 0 saturated carbocycles. The standard InChI is InChI=1S/C17H22O4/c1-13(8-7-11-16(19)20-3)17(14(2)18)21-12-15-9-5-4-6-10-15/h4-10,13,17H,11-12H2,1-3H3/b8-7+/t13-,17+/m0/s1. The van der Waals surface area contributed by atoms with Crippen molar-refractivity contribution >= 4 is 11.8 Å². The van der Waals surface area contributed by atoms with E-state index in [1.54, 1.807) is 6.08 Å². The number of ether oxygens (including phenoxy) is 2. The van der Waals surface area contributed by atoms with Crippen LogP contribution < -0.4 is 0 Å². The number of benzene rings is 1. The van der Waals surface area contributed by atoms with E-state index in [1.807, 2.05) is 43.3 Å². The van der Waals surface area contributed by atoms with Crippen LogP contribution in [0, 0.1) is 5.92 Å². The van der Waals surface area contributed by atoms with Gasteiger partial charge in [-0.05, 0) is 12.5 Å². The molecule has 1 rings (SSSR count). The first kappa shape index (κ1) is 17.1. The highest BCUT2D eigenvalue weighted by Gasteiger charge is 2.20. The van der Waals surface area contributed by atoms with Gasteiger partial charge in [-0.2, -0.15) is 0 Å². The molecule has 0 aliphatic carbocycles. The number of carbonyl (C=O) groups is 2. The summed E-state index contributed by atoms with van der Waals surface area (Å²) in [4.78, 5) is 22.7. The molecule has 0 aliphatic heterocycles. The molecule has 4 heteroatoms. The lowest BCUT2D eigenvalue weighted by atomic mass is 10.0. The van der Waals surface area contributed by atoms with Crippen molar-refractivity contribution in [1.82, 2.24) is 0 Å². The minimum atomic E-state index is -0.515. The SMILES string of the molecule is COC(=O)C/C=C/[C@H](C)[C@@H](OCc1ccccc1)C(C)=O. The van der Waals surface area contributed by atoms with Crippen LogP contribution in [0.5, 0.6) is 0 Å². The van der Waals surface area contributed by atoms with Crippen molar-refractivity contribution < 1.29 is 19.1 Å². The Bertz CT molecular complexity index is 479. The van der Waals surface area contributed by atoms with Gasteiger partial charge in [0.25, 0.3) is 0 Å². The van der Waals surface area contributed by atoms with Crippen LogP contribution in [0.1, 0.15) is 25.8 Å². The Kier molecular flexibility index (Phi) is 7.40. The van der Waals surface area contributed by atoms with E-state index in [9.17, 15) is 9.59 Å². The fourth-order valence-electron chi connectivity index (χ4n) is 1.96. The van der Waals surface area contributed by atoms with Gasteiger partial charge in [0.05, 0.1) is 20.1 Å². The minimum Gasteiger partial charge on any atom is -0.469 e. The summed E-state index contributed by atoms with van der Waals surface area (Å²) in [5.41, 5.74) is 1.02. The van der Waals surface area contributed by atoms with Gasteiger partial charge in [-0.3, -0.25) is 9.59 Å². The third-order valence-electron chi connectivity index (χ3n) is 3.10. The highest BCUT2D eigenvalue weighted by Crippen LogP contribution is 2.14. The molecule has 0 radical (unpaired) electrons. The number of ketones is 1. The van der Waals surface area contributed by atoms with E-state index in [1.165, 1.54) is 14.0 Å². The Labute approximate surface area is 125 Å². The number of esters is 1. The van der Waals surface area contributed by atoms with Crippen LogP contribution in [0.15, 0.2) is 42.5 Å². The topological polar surface area (TPSA) is 52.6 Å². The van der Waals surface area contributed by atoms with Crippen molar-refractivity contribution in [2.45, 2.75) is 33.0 Å². The number of methoxy groups -OCH3 is 1. The molecule has 0 saturated heterocycles. The van der Waals surface area contributed by atoms with Crippen LogP contribution in [0.2, 0.25) is 0 Å². The second-order valence-electron chi connectivity index (χ2n) is 4.90. The van der Waals surface area contributed by atoms with E-state index >= 15 is 0 Å². The average molecular weight is 290 g/mol. The van der Waals surface area contributed by atoms with Crippen LogP contribution in [0.4, 0.5) is 0 Å². The van der Waals surface area contributed by atoms with Crippen LogP contribution in [0.3, 0.4) is 0 Å². The fourth-order valence-corrected chi connectivity index (χ4v) is 1.96. The number of Topliss-reactive ketones (excluding diaryl/α,β-unsaturated/α-hetero) is 1. The van der Waals surface area contributed by atoms with Crippen LogP contribution in [0.25, 0.3) is 0 Å². The molecule has 0 N–H and O–H groups in total. The zero-order valence-electron chi connectivity index (χ0n) is 12.7. The van der Waals surface area contributed by atoms with Crippen molar-refractivity contribution in [1.29, 1.82) is 0 Å². The average Bonchev–Trinajstić information content (AvgIpc) is 2.48. The molecule has 0 aliphatic rings. The number of rotatable bonds is 8. The first-order valence-corrected chi connectivity index (χ1v) is 6.94. The molecule has 0 bridgehead atoms. The molecule has 1 aromatic rings. The first-order valence-electron chi connectivity index (χ1n) is 6.94. The van der Waals surface area contributed by atoms with Gasteiger partial charge in [0, 0.05) is 5.92 Å². The molecule has 0 unspecified atom stereocenters. The largest absolute Gasteiger partial charge is 0.469 e. The Morgan fingerprint density at radius 2 is 1.90 bits per heavy atom. The number of hydrogen-bond acceptors (Lipinski definition) is 4. The lowest BCUT2D eigenvalue weighted by Gasteiger charge is -2.19. The number of hydrogen-bond donors (Lipinski definition) is 0. The van der Waals surface area contributed by atoms with Gasteiger partial charge in [-0.15, -0.1) is 0 Å². The molecular weight excluding hydrogens is 268 g/mol. The molecule has 1 aromatic carbocycles. The third-order valence-corrected chi connectivity index (χ3v) is 3.10. The summed E-state index contributed by atoms with van der Waals surface area (Å²) in [5, 5.41) is 0. The van der Waals surface area contributed by atoms with Gasteiger partial charge in [0.15, 0.2) is 5.78 Å². The molecule has 4 nitrogen and oxygen atoms in total. The molecule has 0 fully saturated rings. The zero-order valence-corrected chi connectivity index (χ0v) is 12.7. The highest BCUT2D eigenvalue weighted by molar-refractivity contribution is 5.81. The summed E-state index contributed by atoms with van der Waals surface area (Å²) in [6.45, 7) is 3.80. The van der Waals surface area contributed by atoms with Crippen molar-refractivity contribution in [2.75, 3.05) is 7.11 Å². The Hall–Kier alpha value is -1.94. The maximum atomic E-state index is 11.7. The molecule has 0 heterocycles. The maximum absolute atomic E-state index is 11.7. The van der Waals surface area contributed by atoms with E-state index in [0.29, 0.717) is 6.61 Å². The second kappa shape index (κ2) is 9.08. The van der Waals surface area contributed by atoms with E-state index in [4.69, 9.17) is 4.74 Å². The van der Waals surface area contributed by atoms with Crippen LogP contribution in [-0.4, -0.2) is 25.0 Å². The Balaban J connectivity index is 2.56. The second-order valence-corrected chi connectivity index (χ2v) is 4.90. The Morgan fingerprint density at radius 3 is 2.48 bits per heavy atom. The normalized spacial score (nSPS) is 13.9. The zero-order chi connectivity index (χ0) is 15.7. The van der Waals surface area contributed by atoms with Crippen molar-refractivity contribution in [2.24, 2.45) is 5.92 Å².